The van der Waals surface area contributed by atoms with Gasteiger partial charge in [0.2, 0.25) is 0 Å². The number of furan rings is 1. The zero-order valence-electron chi connectivity index (χ0n) is 16.2. The molecule has 0 radical (unpaired) electrons. The number of hydrogen-bond acceptors (Lipinski definition) is 7. The van der Waals surface area contributed by atoms with Crippen LogP contribution in [0.25, 0.3) is 0 Å². The summed E-state index contributed by atoms with van der Waals surface area (Å²) in [6.07, 6.45) is 1.66. The minimum atomic E-state index is -0.892. The van der Waals surface area contributed by atoms with Crippen LogP contribution in [-0.4, -0.2) is 35.3 Å². The largest absolute Gasteiger partial charge is 0.459 e. The highest BCUT2D eigenvalue weighted by molar-refractivity contribution is 7.14. The van der Waals surface area contributed by atoms with E-state index in [2.05, 4.69) is 5.32 Å². The number of carbonyl (C=O) groups is 3. The maximum atomic E-state index is 12.9. The van der Waals surface area contributed by atoms with Crippen molar-refractivity contribution >= 4 is 34.1 Å². The Kier molecular flexibility index (Phi) is 5.82. The van der Waals surface area contributed by atoms with Gasteiger partial charge in [-0.25, -0.2) is 4.79 Å². The predicted octanol–water partition coefficient (Wildman–Crippen LogP) is 2.96. The second-order valence-electron chi connectivity index (χ2n) is 6.83. The Morgan fingerprint density at radius 1 is 1.19 bits per heavy atom. The lowest BCUT2D eigenvalue weighted by Gasteiger charge is -2.34. The maximum Gasteiger partial charge on any atom is 0.329 e. The zero-order valence-corrected chi connectivity index (χ0v) is 17.1. The zero-order chi connectivity index (χ0) is 21.8. The Hall–Kier alpha value is -3.90. The lowest BCUT2D eigenvalue weighted by Crippen LogP contribution is -2.49. The number of rotatable bonds is 5. The third-order valence-corrected chi connectivity index (χ3v) is 5.73. The van der Waals surface area contributed by atoms with Gasteiger partial charge >= 0.3 is 5.97 Å². The molecule has 3 aromatic rings. The fraction of sp³-hybridized carbons (Fsp3) is 0.182. The first-order chi connectivity index (χ1) is 15.1. The van der Waals surface area contributed by atoms with Gasteiger partial charge in [-0.05, 0) is 34.7 Å². The number of thiophene rings is 1. The van der Waals surface area contributed by atoms with Crippen molar-refractivity contribution in [1.29, 1.82) is 5.26 Å². The van der Waals surface area contributed by atoms with Crippen molar-refractivity contribution in [3.05, 3.63) is 76.6 Å². The van der Waals surface area contributed by atoms with Crippen molar-refractivity contribution in [3.8, 4) is 6.07 Å². The van der Waals surface area contributed by atoms with Crippen LogP contribution in [0.5, 0.6) is 0 Å². The number of nitrogens with one attached hydrogen (secondary N) is 1. The van der Waals surface area contributed by atoms with E-state index in [4.69, 9.17) is 14.4 Å². The molecule has 0 saturated carbocycles. The summed E-state index contributed by atoms with van der Waals surface area (Å²) in [7, 11) is 0. The molecule has 2 aromatic heterocycles. The molecule has 156 valence electrons. The van der Waals surface area contributed by atoms with Gasteiger partial charge in [0.25, 0.3) is 11.8 Å². The number of amides is 2. The second-order valence-corrected chi connectivity index (χ2v) is 7.75. The Morgan fingerprint density at radius 2 is 2.00 bits per heavy atom. The van der Waals surface area contributed by atoms with Crippen LogP contribution < -0.4 is 5.32 Å². The van der Waals surface area contributed by atoms with Crippen LogP contribution in [0.15, 0.2) is 58.5 Å². The van der Waals surface area contributed by atoms with Crippen molar-refractivity contribution in [2.45, 2.75) is 19.0 Å². The van der Waals surface area contributed by atoms with Crippen LogP contribution in [0.2, 0.25) is 0 Å². The predicted molar refractivity (Wildman–Crippen MR) is 111 cm³/mol. The van der Waals surface area contributed by atoms with E-state index >= 15 is 0 Å². The molecule has 4 rings (SSSR count). The topological polar surface area (TPSA) is 113 Å². The number of ether oxygens (including phenoxy) is 1. The molecule has 1 aliphatic rings. The van der Waals surface area contributed by atoms with E-state index < -0.39 is 30.4 Å². The van der Waals surface area contributed by atoms with Crippen LogP contribution in [0.4, 0.5) is 5.00 Å². The maximum absolute atomic E-state index is 12.9. The third-order valence-electron chi connectivity index (χ3n) is 4.90. The minimum Gasteiger partial charge on any atom is -0.459 e. The average molecular weight is 435 g/mol. The van der Waals surface area contributed by atoms with E-state index in [9.17, 15) is 14.4 Å². The summed E-state index contributed by atoms with van der Waals surface area (Å²) < 4.78 is 10.4. The number of anilines is 1. The summed E-state index contributed by atoms with van der Waals surface area (Å²) in [6, 6.07) is 13.3. The van der Waals surface area contributed by atoms with Crippen LogP contribution in [-0.2, 0) is 27.3 Å². The molecule has 1 N–H and O–H groups in total. The average Bonchev–Trinajstić information content (AvgIpc) is 3.48. The van der Waals surface area contributed by atoms with Gasteiger partial charge in [0.1, 0.15) is 17.1 Å². The first-order valence-corrected chi connectivity index (χ1v) is 10.3. The molecule has 0 bridgehead atoms. The molecule has 0 fully saturated rings. The molecule has 0 unspecified atom stereocenters. The molecular formula is C22H17N3O5S. The highest BCUT2D eigenvalue weighted by Gasteiger charge is 2.37. The van der Waals surface area contributed by atoms with Crippen molar-refractivity contribution in [2.24, 2.45) is 0 Å². The summed E-state index contributed by atoms with van der Waals surface area (Å²) in [5.74, 6) is -1.55. The normalized spacial score (nSPS) is 14.9. The van der Waals surface area contributed by atoms with Gasteiger partial charge in [0, 0.05) is 13.0 Å². The van der Waals surface area contributed by atoms with Crippen LogP contribution in [0, 0.1) is 11.3 Å². The molecule has 9 heteroatoms. The molecular weight excluding hydrogens is 418 g/mol. The number of carbonyl (C=O) groups excluding carboxylic acids is 3. The van der Waals surface area contributed by atoms with Gasteiger partial charge in [-0.15, -0.1) is 11.3 Å². The first kappa shape index (κ1) is 20.4. The van der Waals surface area contributed by atoms with E-state index in [1.165, 1.54) is 28.6 Å². The molecule has 1 atom stereocenters. The fourth-order valence-electron chi connectivity index (χ4n) is 3.38. The van der Waals surface area contributed by atoms with E-state index in [0.717, 1.165) is 11.1 Å². The van der Waals surface area contributed by atoms with Gasteiger partial charge in [-0.3, -0.25) is 9.59 Å². The lowest BCUT2D eigenvalue weighted by molar-refractivity contribution is -0.152. The first-order valence-electron chi connectivity index (χ1n) is 9.42. The van der Waals surface area contributed by atoms with Gasteiger partial charge < -0.3 is 19.4 Å². The summed E-state index contributed by atoms with van der Waals surface area (Å²) >= 11 is 1.20. The molecule has 0 aliphatic carbocycles. The molecule has 0 spiro atoms. The molecule has 3 heterocycles. The lowest BCUT2D eigenvalue weighted by atomic mass is 9.93. The second kappa shape index (κ2) is 8.85. The van der Waals surface area contributed by atoms with E-state index in [1.807, 2.05) is 30.3 Å². The SMILES string of the molecule is N#Cc1ccsc1NC(=O)COC(=O)[C@@H]1Cc2ccccc2CN1C(=O)c1ccco1. The monoisotopic (exact) mass is 435 g/mol. The number of nitriles is 1. The third kappa shape index (κ3) is 4.34. The van der Waals surface area contributed by atoms with E-state index in [1.54, 1.807) is 17.5 Å². The highest BCUT2D eigenvalue weighted by atomic mass is 32.1. The molecule has 1 aromatic carbocycles. The number of nitrogens with zero attached hydrogens (tertiary/aromatic N) is 2. The number of benzene rings is 1. The number of hydrogen-bond donors (Lipinski definition) is 1. The van der Waals surface area contributed by atoms with E-state index in [0.29, 0.717) is 10.6 Å². The summed E-state index contributed by atoms with van der Waals surface area (Å²) in [5, 5.41) is 13.7. The molecule has 2 amide bonds. The highest BCUT2D eigenvalue weighted by Crippen LogP contribution is 2.26. The molecule has 8 nitrogen and oxygen atoms in total. The minimum absolute atomic E-state index is 0.122. The molecule has 0 saturated heterocycles. The fourth-order valence-corrected chi connectivity index (χ4v) is 4.13. The van der Waals surface area contributed by atoms with Crippen LogP contribution in [0.1, 0.15) is 27.2 Å². The number of esters is 1. The van der Waals surface area contributed by atoms with Crippen molar-refractivity contribution in [2.75, 3.05) is 11.9 Å². The van der Waals surface area contributed by atoms with Gasteiger partial charge in [-0.1, -0.05) is 24.3 Å². The van der Waals surface area contributed by atoms with Crippen molar-refractivity contribution in [1.82, 2.24) is 4.90 Å². The Morgan fingerprint density at radius 3 is 2.74 bits per heavy atom. The summed E-state index contributed by atoms with van der Waals surface area (Å²) in [4.78, 5) is 39.3. The van der Waals surface area contributed by atoms with Gasteiger partial charge in [-0.2, -0.15) is 5.26 Å². The summed E-state index contributed by atoms with van der Waals surface area (Å²) in [6.45, 7) is -0.301. The Bertz CT molecular complexity index is 1160. The van der Waals surface area contributed by atoms with Crippen LogP contribution in [0.3, 0.4) is 0 Å². The quantitative estimate of drug-likeness (QED) is 0.617. The standard InChI is InChI=1S/C22H17N3O5S/c23-11-15-7-9-31-20(15)24-19(26)13-30-22(28)17-10-14-4-1-2-5-16(14)12-25(17)21(27)18-6-3-8-29-18/h1-9,17H,10,12-13H2,(H,24,26)/t17-/m0/s1. The Balaban J connectivity index is 1.47. The van der Waals surface area contributed by atoms with Gasteiger partial charge in [0.05, 0.1) is 11.8 Å². The molecule has 31 heavy (non-hydrogen) atoms. The van der Waals surface area contributed by atoms with E-state index in [-0.39, 0.29) is 18.7 Å². The Labute approximate surface area is 181 Å². The number of fused-ring (bicyclic) bond motifs is 1. The van der Waals surface area contributed by atoms with Crippen LogP contribution >= 0.6 is 11.3 Å². The molecule has 1 aliphatic heterocycles. The van der Waals surface area contributed by atoms with Gasteiger partial charge in [0.15, 0.2) is 12.4 Å². The smallest absolute Gasteiger partial charge is 0.329 e. The van der Waals surface area contributed by atoms with Crippen molar-refractivity contribution < 1.29 is 23.5 Å². The van der Waals surface area contributed by atoms with Crippen molar-refractivity contribution in [3.63, 3.8) is 0 Å². The summed E-state index contributed by atoms with van der Waals surface area (Å²) in [5.41, 5.74) is 2.21.